The minimum absolute atomic E-state index is 0.173. The lowest BCUT2D eigenvalue weighted by Gasteiger charge is -2.46. The molecule has 1 aromatic heterocycles. The van der Waals surface area contributed by atoms with Crippen LogP contribution in [0.25, 0.3) is 0 Å². The molecule has 1 atom stereocenters. The van der Waals surface area contributed by atoms with Crippen molar-refractivity contribution in [3.63, 3.8) is 0 Å². The van der Waals surface area contributed by atoms with Crippen LogP contribution in [-0.4, -0.2) is 64.2 Å². The molecule has 3 heterocycles. The molecule has 0 spiro atoms. The van der Waals surface area contributed by atoms with Crippen LogP contribution in [-0.2, 0) is 17.8 Å². The highest BCUT2D eigenvalue weighted by Gasteiger charge is 2.35. The number of allylic oxidation sites excluding steroid dienone is 2. The lowest BCUT2D eigenvalue weighted by molar-refractivity contribution is -0.134. The maximum absolute atomic E-state index is 11.7. The number of rotatable bonds is 6. The predicted molar refractivity (Wildman–Crippen MR) is 106 cm³/mol. The average Bonchev–Trinajstić information content (AvgIpc) is 3.09. The van der Waals surface area contributed by atoms with E-state index in [1.165, 1.54) is 9.75 Å². The summed E-state index contributed by atoms with van der Waals surface area (Å²) < 4.78 is 0. The zero-order valence-electron chi connectivity index (χ0n) is 15.9. The molecule has 5 nitrogen and oxygen atoms in total. The number of hydrogen-bond donors (Lipinski definition) is 1. The maximum atomic E-state index is 11.7. The Morgan fingerprint density at radius 3 is 2.50 bits per heavy atom. The Bertz CT molecular complexity index is 687. The van der Waals surface area contributed by atoms with Gasteiger partial charge in [0.05, 0.1) is 5.57 Å². The van der Waals surface area contributed by atoms with Gasteiger partial charge >= 0.3 is 5.97 Å². The maximum Gasteiger partial charge on any atom is 0.335 e. The van der Waals surface area contributed by atoms with Crippen LogP contribution in [0.3, 0.4) is 0 Å². The molecule has 0 aromatic carbocycles. The van der Waals surface area contributed by atoms with Gasteiger partial charge in [-0.15, -0.1) is 11.3 Å². The predicted octanol–water partition coefficient (Wildman–Crippen LogP) is 3.00. The summed E-state index contributed by atoms with van der Waals surface area (Å²) in [6.45, 7) is 11.1. The van der Waals surface area contributed by atoms with Crippen LogP contribution in [0.4, 0.5) is 0 Å². The molecule has 0 bridgehead atoms. The van der Waals surface area contributed by atoms with Gasteiger partial charge in [-0.1, -0.05) is 6.92 Å². The lowest BCUT2D eigenvalue weighted by Crippen LogP contribution is -2.57. The van der Waals surface area contributed by atoms with Gasteiger partial charge in [0.1, 0.15) is 6.17 Å². The number of hydrogen-bond acceptors (Lipinski definition) is 5. The number of aliphatic carboxylic acids is 1. The molecule has 6 heteroatoms. The topological polar surface area (TPSA) is 47.0 Å². The van der Waals surface area contributed by atoms with Gasteiger partial charge in [0, 0.05) is 54.7 Å². The highest BCUT2D eigenvalue weighted by atomic mass is 32.1. The van der Waals surface area contributed by atoms with Gasteiger partial charge in [-0.2, -0.15) is 0 Å². The Kier molecular flexibility index (Phi) is 6.16. The van der Waals surface area contributed by atoms with E-state index in [1.807, 2.05) is 23.6 Å². The third-order valence-electron chi connectivity index (χ3n) is 5.14. The van der Waals surface area contributed by atoms with Crippen LogP contribution in [0.2, 0.25) is 0 Å². The Labute approximate surface area is 160 Å². The second kappa shape index (κ2) is 8.37. The third kappa shape index (κ3) is 4.19. The first-order chi connectivity index (χ1) is 12.5. The van der Waals surface area contributed by atoms with E-state index in [2.05, 4.69) is 47.6 Å². The number of carbonyl (C=O) groups is 1. The molecule has 0 aliphatic carbocycles. The minimum Gasteiger partial charge on any atom is -0.478 e. The molecule has 0 amide bonds. The summed E-state index contributed by atoms with van der Waals surface area (Å²) in [5, 5.41) is 9.65. The second-order valence-corrected chi connectivity index (χ2v) is 8.47. The van der Waals surface area contributed by atoms with Crippen molar-refractivity contribution in [2.75, 3.05) is 26.2 Å². The zero-order valence-corrected chi connectivity index (χ0v) is 16.7. The van der Waals surface area contributed by atoms with E-state index in [9.17, 15) is 9.90 Å². The summed E-state index contributed by atoms with van der Waals surface area (Å²) in [7, 11) is 0. The molecule has 26 heavy (non-hydrogen) atoms. The molecule has 1 unspecified atom stereocenters. The first kappa shape index (κ1) is 19.1. The number of piperazine rings is 1. The van der Waals surface area contributed by atoms with Crippen molar-refractivity contribution in [1.82, 2.24) is 14.7 Å². The van der Waals surface area contributed by atoms with Gasteiger partial charge in [0.15, 0.2) is 0 Å². The van der Waals surface area contributed by atoms with Crippen molar-refractivity contribution >= 4 is 17.3 Å². The SMILES string of the molecule is CCc1ccc(CN2CCN(C3C(C(=O)O)=CC=CN3C(C)C)CC2)s1. The molecule has 2 aliphatic rings. The van der Waals surface area contributed by atoms with Gasteiger partial charge in [-0.05, 0) is 44.6 Å². The summed E-state index contributed by atoms with van der Waals surface area (Å²) in [6.07, 6.45) is 6.54. The highest BCUT2D eigenvalue weighted by molar-refractivity contribution is 7.11. The fraction of sp³-hybridized carbons (Fsp3) is 0.550. The molecule has 0 saturated carbocycles. The van der Waals surface area contributed by atoms with Gasteiger partial charge in [0.2, 0.25) is 0 Å². The number of aryl methyl sites for hydroxylation is 1. The summed E-state index contributed by atoms with van der Waals surface area (Å²) >= 11 is 1.90. The summed E-state index contributed by atoms with van der Waals surface area (Å²) in [6, 6.07) is 4.73. The number of carboxylic acid groups (broad SMARTS) is 1. The number of carboxylic acids is 1. The van der Waals surface area contributed by atoms with E-state index >= 15 is 0 Å². The Balaban J connectivity index is 1.64. The van der Waals surface area contributed by atoms with E-state index < -0.39 is 5.97 Å². The molecular formula is C20H29N3O2S. The van der Waals surface area contributed by atoms with E-state index in [0.717, 1.165) is 39.1 Å². The largest absolute Gasteiger partial charge is 0.478 e. The monoisotopic (exact) mass is 375 g/mol. The first-order valence-electron chi connectivity index (χ1n) is 9.42. The summed E-state index contributed by atoms with van der Waals surface area (Å²) in [4.78, 5) is 21.6. The fourth-order valence-corrected chi connectivity index (χ4v) is 4.68. The van der Waals surface area contributed by atoms with Crippen molar-refractivity contribution in [2.45, 2.75) is 45.9 Å². The van der Waals surface area contributed by atoms with E-state index in [-0.39, 0.29) is 12.2 Å². The van der Waals surface area contributed by atoms with Crippen molar-refractivity contribution in [2.24, 2.45) is 0 Å². The van der Waals surface area contributed by atoms with E-state index in [1.54, 1.807) is 6.08 Å². The third-order valence-corrected chi connectivity index (χ3v) is 6.35. The molecule has 3 rings (SSSR count). The standard InChI is InChI=1S/C20H29N3O2S/c1-4-16-7-8-17(26-16)14-21-10-12-22(13-11-21)19-18(20(24)25)6-5-9-23(19)15(2)3/h5-9,15,19H,4,10-14H2,1-3H3,(H,24,25). The molecular weight excluding hydrogens is 346 g/mol. The smallest absolute Gasteiger partial charge is 0.335 e. The lowest BCUT2D eigenvalue weighted by atomic mass is 10.1. The van der Waals surface area contributed by atoms with Crippen molar-refractivity contribution in [1.29, 1.82) is 0 Å². The van der Waals surface area contributed by atoms with Gasteiger partial charge in [-0.25, -0.2) is 4.79 Å². The van der Waals surface area contributed by atoms with Crippen LogP contribution in [0, 0.1) is 0 Å². The second-order valence-electron chi connectivity index (χ2n) is 7.22. The van der Waals surface area contributed by atoms with Crippen LogP contribution < -0.4 is 0 Å². The van der Waals surface area contributed by atoms with Crippen LogP contribution >= 0.6 is 11.3 Å². The molecule has 1 saturated heterocycles. The Hall–Kier alpha value is -1.63. The minimum atomic E-state index is -0.821. The zero-order chi connectivity index (χ0) is 18.7. The molecule has 0 radical (unpaired) electrons. The van der Waals surface area contributed by atoms with E-state index in [0.29, 0.717) is 5.57 Å². The highest BCUT2D eigenvalue weighted by Crippen LogP contribution is 2.25. The van der Waals surface area contributed by atoms with Crippen LogP contribution in [0.5, 0.6) is 0 Å². The first-order valence-corrected chi connectivity index (χ1v) is 10.2. The van der Waals surface area contributed by atoms with Crippen molar-refractivity contribution in [3.05, 3.63) is 45.8 Å². The van der Waals surface area contributed by atoms with Crippen molar-refractivity contribution in [3.8, 4) is 0 Å². The molecule has 1 N–H and O–H groups in total. The van der Waals surface area contributed by atoms with Crippen molar-refractivity contribution < 1.29 is 9.90 Å². The Morgan fingerprint density at radius 2 is 1.92 bits per heavy atom. The Morgan fingerprint density at radius 1 is 1.23 bits per heavy atom. The molecule has 142 valence electrons. The van der Waals surface area contributed by atoms with Gasteiger partial charge < -0.3 is 10.0 Å². The molecule has 2 aliphatic heterocycles. The molecule has 1 aromatic rings. The fourth-order valence-electron chi connectivity index (χ4n) is 3.68. The summed E-state index contributed by atoms with van der Waals surface area (Å²) in [5.74, 6) is -0.821. The quantitative estimate of drug-likeness (QED) is 0.828. The molecule has 1 fully saturated rings. The van der Waals surface area contributed by atoms with Crippen LogP contribution in [0.15, 0.2) is 36.1 Å². The van der Waals surface area contributed by atoms with Gasteiger partial charge in [0.25, 0.3) is 0 Å². The van der Waals surface area contributed by atoms with Gasteiger partial charge in [-0.3, -0.25) is 9.80 Å². The normalized spacial score (nSPS) is 22.1. The van der Waals surface area contributed by atoms with Crippen LogP contribution in [0.1, 0.15) is 30.5 Å². The van der Waals surface area contributed by atoms with E-state index in [4.69, 9.17) is 0 Å². The summed E-state index contributed by atoms with van der Waals surface area (Å²) in [5.41, 5.74) is 0.473. The number of thiophene rings is 1. The average molecular weight is 376 g/mol. The number of nitrogens with zero attached hydrogens (tertiary/aromatic N) is 3.